The molecule has 0 spiro atoms. The number of aryl methyl sites for hydroxylation is 1. The zero-order chi connectivity index (χ0) is 18.6. The number of hydrogen-bond acceptors (Lipinski definition) is 3. The maximum Gasteiger partial charge on any atom is 0.416 e. The van der Waals surface area contributed by atoms with Crippen LogP contribution in [0.4, 0.5) is 13.2 Å². The predicted octanol–water partition coefficient (Wildman–Crippen LogP) is 2.77. The van der Waals surface area contributed by atoms with Crippen molar-refractivity contribution >= 4 is 29.9 Å². The highest BCUT2D eigenvalue weighted by molar-refractivity contribution is 14.0. The van der Waals surface area contributed by atoms with E-state index < -0.39 is 11.7 Å². The second-order valence-corrected chi connectivity index (χ2v) is 6.08. The Morgan fingerprint density at radius 1 is 1.19 bits per heavy atom. The number of nitrogens with zero attached hydrogens (tertiary/aromatic N) is 4. The topological polar surface area (TPSA) is 67.1 Å². The van der Waals surface area contributed by atoms with Gasteiger partial charge in [0.1, 0.15) is 5.82 Å². The summed E-state index contributed by atoms with van der Waals surface area (Å²) >= 11 is 0. The first-order chi connectivity index (χ1) is 12.5. The number of benzene rings is 1. The van der Waals surface area contributed by atoms with Crippen LogP contribution < -0.4 is 10.6 Å². The smallest absolute Gasteiger partial charge is 0.356 e. The molecule has 0 saturated heterocycles. The minimum absolute atomic E-state index is 0. The standard InChI is InChI=1S/C17H21F3N6.HI/c1-21-16(23-11-15-25-24-14-3-2-10-26(14)15)22-9-8-12-4-6-13(7-5-12)17(18,19)20;/h4-7H,2-3,8-11H2,1H3,(H2,21,22,23);1H. The lowest BCUT2D eigenvalue weighted by Gasteiger charge is -2.12. The van der Waals surface area contributed by atoms with Gasteiger partial charge in [-0.25, -0.2) is 0 Å². The quantitative estimate of drug-likeness (QED) is 0.381. The number of aliphatic imine (C=N–C) groups is 1. The summed E-state index contributed by atoms with van der Waals surface area (Å²) in [5, 5.41) is 14.7. The molecule has 0 unspecified atom stereocenters. The van der Waals surface area contributed by atoms with Crippen molar-refractivity contribution in [1.29, 1.82) is 0 Å². The molecule has 3 rings (SSSR count). The molecule has 1 aromatic carbocycles. The molecule has 0 saturated carbocycles. The van der Waals surface area contributed by atoms with Crippen molar-refractivity contribution in [3.8, 4) is 0 Å². The number of nitrogens with one attached hydrogen (secondary N) is 2. The van der Waals surface area contributed by atoms with Crippen molar-refractivity contribution in [2.45, 2.75) is 38.5 Å². The van der Waals surface area contributed by atoms with Gasteiger partial charge < -0.3 is 15.2 Å². The zero-order valence-electron chi connectivity index (χ0n) is 14.9. The number of rotatable bonds is 5. The van der Waals surface area contributed by atoms with Gasteiger partial charge in [-0.05, 0) is 30.5 Å². The minimum Gasteiger partial charge on any atom is -0.356 e. The Bertz CT molecular complexity index is 770. The fourth-order valence-electron chi connectivity index (χ4n) is 2.91. The summed E-state index contributed by atoms with van der Waals surface area (Å²) in [5.41, 5.74) is 0.198. The SMILES string of the molecule is CN=C(NCCc1ccc(C(F)(F)F)cc1)NCc1nnc2n1CCC2.I. The van der Waals surface area contributed by atoms with Crippen molar-refractivity contribution in [3.63, 3.8) is 0 Å². The molecule has 0 fully saturated rings. The van der Waals surface area contributed by atoms with Gasteiger partial charge in [0.2, 0.25) is 0 Å². The van der Waals surface area contributed by atoms with Crippen LogP contribution in [-0.2, 0) is 32.1 Å². The second-order valence-electron chi connectivity index (χ2n) is 6.08. The fraction of sp³-hybridized carbons (Fsp3) is 0.471. The molecule has 1 aliphatic rings. The summed E-state index contributed by atoms with van der Waals surface area (Å²) in [5.74, 6) is 2.52. The Morgan fingerprint density at radius 2 is 1.93 bits per heavy atom. The molecule has 10 heteroatoms. The average Bonchev–Trinajstić information content (AvgIpc) is 3.22. The Balaban J connectivity index is 0.00000261. The molecule has 2 N–H and O–H groups in total. The summed E-state index contributed by atoms with van der Waals surface area (Å²) in [6.07, 6.45) is -1.64. The van der Waals surface area contributed by atoms with E-state index in [0.717, 1.165) is 48.7 Å². The lowest BCUT2D eigenvalue weighted by molar-refractivity contribution is -0.137. The predicted molar refractivity (Wildman–Crippen MR) is 107 cm³/mol. The molecule has 1 aromatic heterocycles. The van der Waals surface area contributed by atoms with E-state index in [1.807, 2.05) is 0 Å². The fourth-order valence-corrected chi connectivity index (χ4v) is 2.91. The Kier molecular flexibility index (Phi) is 7.45. The van der Waals surface area contributed by atoms with Crippen molar-refractivity contribution in [2.24, 2.45) is 4.99 Å². The van der Waals surface area contributed by atoms with Gasteiger partial charge in [0.05, 0.1) is 12.1 Å². The van der Waals surface area contributed by atoms with E-state index in [-0.39, 0.29) is 24.0 Å². The van der Waals surface area contributed by atoms with Gasteiger partial charge in [-0.1, -0.05) is 12.1 Å². The van der Waals surface area contributed by atoms with E-state index in [1.54, 1.807) is 7.05 Å². The van der Waals surface area contributed by atoms with E-state index in [0.29, 0.717) is 25.5 Å². The molecular formula is C17H22F3IN6. The molecular weight excluding hydrogens is 472 g/mol. The number of halogens is 4. The van der Waals surface area contributed by atoms with Gasteiger partial charge in [0, 0.05) is 26.6 Å². The maximum absolute atomic E-state index is 12.6. The van der Waals surface area contributed by atoms with Crippen LogP contribution in [0, 0.1) is 0 Å². The number of fused-ring (bicyclic) bond motifs is 1. The van der Waals surface area contributed by atoms with Gasteiger partial charge in [0.15, 0.2) is 11.8 Å². The monoisotopic (exact) mass is 494 g/mol. The third kappa shape index (κ3) is 5.56. The average molecular weight is 494 g/mol. The molecule has 27 heavy (non-hydrogen) atoms. The van der Waals surface area contributed by atoms with Crippen molar-refractivity contribution in [2.75, 3.05) is 13.6 Å². The zero-order valence-corrected chi connectivity index (χ0v) is 17.2. The van der Waals surface area contributed by atoms with E-state index in [9.17, 15) is 13.2 Å². The number of hydrogen-bond donors (Lipinski definition) is 2. The third-order valence-corrected chi connectivity index (χ3v) is 4.31. The molecule has 2 heterocycles. The lowest BCUT2D eigenvalue weighted by atomic mass is 10.1. The Labute approximate surface area is 172 Å². The van der Waals surface area contributed by atoms with Crippen LogP contribution in [-0.4, -0.2) is 34.3 Å². The van der Waals surface area contributed by atoms with Crippen LogP contribution in [0.1, 0.15) is 29.2 Å². The Morgan fingerprint density at radius 3 is 2.59 bits per heavy atom. The number of alkyl halides is 3. The lowest BCUT2D eigenvalue weighted by Crippen LogP contribution is -2.38. The normalized spacial score (nSPS) is 13.9. The minimum atomic E-state index is -4.30. The second kappa shape index (κ2) is 9.38. The highest BCUT2D eigenvalue weighted by Crippen LogP contribution is 2.29. The van der Waals surface area contributed by atoms with Crippen LogP contribution in [0.5, 0.6) is 0 Å². The van der Waals surface area contributed by atoms with Crippen LogP contribution in [0.25, 0.3) is 0 Å². The summed E-state index contributed by atoms with van der Waals surface area (Å²) in [4.78, 5) is 4.15. The molecule has 2 aromatic rings. The molecule has 1 aliphatic heterocycles. The van der Waals surface area contributed by atoms with E-state index >= 15 is 0 Å². The van der Waals surface area contributed by atoms with E-state index in [2.05, 4.69) is 30.4 Å². The van der Waals surface area contributed by atoms with Gasteiger partial charge in [0.25, 0.3) is 0 Å². The Hall–Kier alpha value is -1.85. The first-order valence-electron chi connectivity index (χ1n) is 8.49. The van der Waals surface area contributed by atoms with E-state index in [4.69, 9.17) is 0 Å². The van der Waals surface area contributed by atoms with Crippen molar-refractivity contribution < 1.29 is 13.2 Å². The van der Waals surface area contributed by atoms with Crippen molar-refractivity contribution in [3.05, 3.63) is 47.0 Å². The van der Waals surface area contributed by atoms with Crippen LogP contribution in [0.2, 0.25) is 0 Å². The first kappa shape index (κ1) is 21.5. The first-order valence-corrected chi connectivity index (χ1v) is 8.49. The van der Waals surface area contributed by atoms with E-state index in [1.165, 1.54) is 12.1 Å². The highest BCUT2D eigenvalue weighted by Gasteiger charge is 2.29. The largest absolute Gasteiger partial charge is 0.416 e. The van der Waals surface area contributed by atoms with Gasteiger partial charge in [-0.2, -0.15) is 13.2 Å². The maximum atomic E-state index is 12.6. The highest BCUT2D eigenvalue weighted by atomic mass is 127. The van der Waals surface area contributed by atoms with Crippen LogP contribution >= 0.6 is 24.0 Å². The summed E-state index contributed by atoms with van der Waals surface area (Å²) in [7, 11) is 1.67. The summed E-state index contributed by atoms with van der Waals surface area (Å²) in [6, 6.07) is 5.21. The molecule has 0 bridgehead atoms. The van der Waals surface area contributed by atoms with Crippen LogP contribution in [0.3, 0.4) is 0 Å². The molecule has 0 atom stereocenters. The van der Waals surface area contributed by atoms with Gasteiger partial charge in [-0.15, -0.1) is 34.2 Å². The molecule has 0 radical (unpaired) electrons. The molecule has 148 valence electrons. The van der Waals surface area contributed by atoms with Crippen LogP contribution in [0.15, 0.2) is 29.3 Å². The summed E-state index contributed by atoms with van der Waals surface area (Å²) < 4.78 is 39.8. The molecule has 0 amide bonds. The van der Waals surface area contributed by atoms with Gasteiger partial charge in [-0.3, -0.25) is 4.99 Å². The molecule has 6 nitrogen and oxygen atoms in total. The van der Waals surface area contributed by atoms with Gasteiger partial charge >= 0.3 is 6.18 Å². The van der Waals surface area contributed by atoms with Crippen molar-refractivity contribution in [1.82, 2.24) is 25.4 Å². The third-order valence-electron chi connectivity index (χ3n) is 4.31. The number of aromatic nitrogens is 3. The summed E-state index contributed by atoms with van der Waals surface area (Å²) in [6.45, 7) is 2.02. The molecule has 0 aliphatic carbocycles. The number of guanidine groups is 1.